The fourth-order valence-corrected chi connectivity index (χ4v) is 4.44. The lowest BCUT2D eigenvalue weighted by Gasteiger charge is -2.35. The molecular formula is C29H27FN4O3. The van der Waals surface area contributed by atoms with Crippen molar-refractivity contribution in [3.63, 3.8) is 0 Å². The highest BCUT2D eigenvalue weighted by atomic mass is 19.1. The molecule has 0 bridgehead atoms. The molecule has 7 nitrogen and oxygen atoms in total. The van der Waals surface area contributed by atoms with E-state index in [1.54, 1.807) is 33.1 Å². The van der Waals surface area contributed by atoms with E-state index in [1.165, 1.54) is 11.0 Å². The van der Waals surface area contributed by atoms with Crippen molar-refractivity contribution in [2.75, 3.05) is 12.0 Å². The molecule has 0 saturated carbocycles. The topological polar surface area (TPSA) is 80.5 Å². The van der Waals surface area contributed by atoms with Crippen LogP contribution in [0.5, 0.6) is 5.75 Å². The zero-order valence-electron chi connectivity index (χ0n) is 21.3. The second-order valence-corrected chi connectivity index (χ2v) is 9.15. The number of hydrogen-bond acceptors (Lipinski definition) is 5. The standard InChI is InChI=1S/C29H27FN4O3/c1-16-6-8-21(14-18(16)3)26-25(28-32-27(33-37-28)20-9-12-23(36-5)13-10-20)19(4)34(29(35)31-26)22-11-7-17(2)24(30)15-22/h6-15,26H,1-5H3,(H,31,35). The van der Waals surface area contributed by atoms with Gasteiger partial charge in [0, 0.05) is 11.3 Å². The summed E-state index contributed by atoms with van der Waals surface area (Å²) >= 11 is 0. The van der Waals surface area contributed by atoms with Gasteiger partial charge < -0.3 is 14.6 Å². The van der Waals surface area contributed by atoms with Crippen molar-refractivity contribution < 1.29 is 18.4 Å². The molecule has 1 atom stereocenters. The number of hydrogen-bond donors (Lipinski definition) is 1. The van der Waals surface area contributed by atoms with Gasteiger partial charge >= 0.3 is 6.03 Å². The molecule has 1 aromatic heterocycles. The molecule has 0 aliphatic carbocycles. The Morgan fingerprint density at radius 2 is 1.68 bits per heavy atom. The van der Waals surface area contributed by atoms with E-state index in [-0.39, 0.29) is 11.9 Å². The molecule has 2 amide bonds. The number of aromatic nitrogens is 2. The molecule has 1 unspecified atom stereocenters. The molecule has 4 aromatic rings. The minimum Gasteiger partial charge on any atom is -0.497 e. The second-order valence-electron chi connectivity index (χ2n) is 9.15. The van der Waals surface area contributed by atoms with Crippen LogP contribution in [0.15, 0.2) is 70.9 Å². The maximum absolute atomic E-state index is 14.5. The number of aryl methyl sites for hydroxylation is 3. The maximum atomic E-state index is 14.5. The molecule has 5 rings (SSSR count). The first-order chi connectivity index (χ1) is 17.8. The van der Waals surface area contributed by atoms with E-state index in [4.69, 9.17) is 9.26 Å². The van der Waals surface area contributed by atoms with E-state index >= 15 is 0 Å². The molecule has 0 saturated heterocycles. The molecule has 1 aliphatic rings. The Morgan fingerprint density at radius 3 is 2.35 bits per heavy atom. The Hall–Kier alpha value is -4.46. The van der Waals surface area contributed by atoms with Gasteiger partial charge in [0.1, 0.15) is 11.6 Å². The Labute approximate surface area is 214 Å². The third-order valence-corrected chi connectivity index (χ3v) is 6.77. The number of methoxy groups -OCH3 is 1. The summed E-state index contributed by atoms with van der Waals surface area (Å²) in [6, 6.07) is 17.2. The highest BCUT2D eigenvalue weighted by Crippen LogP contribution is 2.39. The van der Waals surface area contributed by atoms with Crippen molar-refractivity contribution in [1.82, 2.24) is 15.5 Å². The van der Waals surface area contributed by atoms with Gasteiger partial charge in [0.05, 0.1) is 24.4 Å². The fraction of sp³-hybridized carbons (Fsp3) is 0.207. The summed E-state index contributed by atoms with van der Waals surface area (Å²) in [6.07, 6.45) is 0. The molecule has 1 aliphatic heterocycles. The van der Waals surface area contributed by atoms with Crippen LogP contribution in [0.1, 0.15) is 41.1 Å². The smallest absolute Gasteiger partial charge is 0.327 e. The van der Waals surface area contributed by atoms with Crippen LogP contribution in [0, 0.1) is 26.6 Å². The highest BCUT2D eigenvalue weighted by molar-refractivity contribution is 6.01. The lowest BCUT2D eigenvalue weighted by Crippen LogP contribution is -2.46. The van der Waals surface area contributed by atoms with Crippen molar-refractivity contribution in [3.05, 3.63) is 100 Å². The number of nitrogens with zero attached hydrogens (tertiary/aromatic N) is 3. The zero-order valence-corrected chi connectivity index (χ0v) is 21.3. The van der Waals surface area contributed by atoms with Crippen molar-refractivity contribution in [1.29, 1.82) is 0 Å². The molecule has 0 radical (unpaired) electrons. The summed E-state index contributed by atoms with van der Waals surface area (Å²) in [4.78, 5) is 19.5. The van der Waals surface area contributed by atoms with Crippen molar-refractivity contribution in [2.45, 2.75) is 33.7 Å². The Balaban J connectivity index is 1.65. The monoisotopic (exact) mass is 498 g/mol. The fourth-order valence-electron chi connectivity index (χ4n) is 4.44. The lowest BCUT2D eigenvalue weighted by molar-refractivity contribution is 0.244. The van der Waals surface area contributed by atoms with Crippen molar-refractivity contribution >= 4 is 17.3 Å². The van der Waals surface area contributed by atoms with Crippen LogP contribution in [-0.2, 0) is 0 Å². The predicted molar refractivity (Wildman–Crippen MR) is 140 cm³/mol. The summed E-state index contributed by atoms with van der Waals surface area (Å²) in [7, 11) is 1.60. The van der Waals surface area contributed by atoms with Gasteiger partial charge in [0.25, 0.3) is 5.89 Å². The Kier molecular flexibility index (Phi) is 6.25. The highest BCUT2D eigenvalue weighted by Gasteiger charge is 2.36. The number of benzene rings is 3. The summed E-state index contributed by atoms with van der Waals surface area (Å²) < 4.78 is 25.4. The van der Waals surface area contributed by atoms with Crippen molar-refractivity contribution in [2.24, 2.45) is 0 Å². The molecule has 3 aromatic carbocycles. The first-order valence-corrected chi connectivity index (χ1v) is 11.9. The van der Waals surface area contributed by atoms with E-state index in [0.717, 1.165) is 28.0 Å². The minimum absolute atomic E-state index is 0.268. The van der Waals surface area contributed by atoms with E-state index in [0.29, 0.717) is 28.3 Å². The van der Waals surface area contributed by atoms with Crippen LogP contribution in [-0.4, -0.2) is 23.3 Å². The number of amides is 2. The molecule has 0 fully saturated rings. The van der Waals surface area contributed by atoms with Gasteiger partial charge in [-0.3, -0.25) is 4.90 Å². The van der Waals surface area contributed by atoms with Crippen LogP contribution in [0.2, 0.25) is 0 Å². The van der Waals surface area contributed by atoms with Gasteiger partial charge in [-0.2, -0.15) is 4.98 Å². The van der Waals surface area contributed by atoms with E-state index in [9.17, 15) is 9.18 Å². The number of anilines is 1. The number of rotatable bonds is 5. The van der Waals surface area contributed by atoms with Gasteiger partial charge in [-0.25, -0.2) is 9.18 Å². The van der Waals surface area contributed by atoms with Gasteiger partial charge in [-0.05, 0) is 86.3 Å². The summed E-state index contributed by atoms with van der Waals surface area (Å²) in [5, 5.41) is 7.27. The first-order valence-electron chi connectivity index (χ1n) is 11.9. The van der Waals surface area contributed by atoms with E-state index in [2.05, 4.69) is 15.5 Å². The normalized spacial score (nSPS) is 15.7. The number of halogens is 1. The Bertz CT molecular complexity index is 1520. The van der Waals surface area contributed by atoms with Gasteiger partial charge in [0.15, 0.2) is 0 Å². The summed E-state index contributed by atoms with van der Waals surface area (Å²) in [6.45, 7) is 7.54. The zero-order chi connectivity index (χ0) is 26.3. The number of carbonyl (C=O) groups is 1. The molecular weight excluding hydrogens is 471 g/mol. The number of allylic oxidation sites excluding steroid dienone is 1. The van der Waals surface area contributed by atoms with Crippen LogP contribution >= 0.6 is 0 Å². The lowest BCUT2D eigenvalue weighted by atomic mass is 9.92. The quantitative estimate of drug-likeness (QED) is 0.339. The molecule has 0 spiro atoms. The molecule has 37 heavy (non-hydrogen) atoms. The molecule has 1 N–H and O–H groups in total. The van der Waals surface area contributed by atoms with E-state index < -0.39 is 11.9 Å². The molecule has 8 heteroatoms. The average Bonchev–Trinajstić information content (AvgIpc) is 3.37. The third-order valence-electron chi connectivity index (χ3n) is 6.77. The van der Waals surface area contributed by atoms with Gasteiger partial charge in [-0.1, -0.05) is 29.4 Å². The van der Waals surface area contributed by atoms with Crippen molar-refractivity contribution in [3.8, 4) is 17.1 Å². The molecule has 188 valence electrons. The number of carbonyl (C=O) groups excluding carboxylic acids is 1. The van der Waals surface area contributed by atoms with Gasteiger partial charge in [0.2, 0.25) is 5.82 Å². The van der Waals surface area contributed by atoms with Crippen LogP contribution in [0.3, 0.4) is 0 Å². The second kappa shape index (κ2) is 9.54. The number of nitrogens with one attached hydrogen (secondary N) is 1. The number of urea groups is 1. The first kappa shape index (κ1) is 24.2. The minimum atomic E-state index is -0.539. The van der Waals surface area contributed by atoms with E-state index in [1.807, 2.05) is 56.3 Å². The SMILES string of the molecule is COc1ccc(-c2noc(C3=C(C)N(c4ccc(C)c(F)c4)C(=O)NC3c3ccc(C)c(C)c3)n2)cc1. The molecule has 2 heterocycles. The number of ether oxygens (including phenoxy) is 1. The van der Waals surface area contributed by atoms with Crippen LogP contribution < -0.4 is 15.0 Å². The summed E-state index contributed by atoms with van der Waals surface area (Å²) in [5.74, 6) is 0.998. The third kappa shape index (κ3) is 4.46. The maximum Gasteiger partial charge on any atom is 0.327 e. The van der Waals surface area contributed by atoms with Crippen LogP contribution in [0.4, 0.5) is 14.9 Å². The predicted octanol–water partition coefficient (Wildman–Crippen LogP) is 6.51. The summed E-state index contributed by atoms with van der Waals surface area (Å²) in [5.41, 5.74) is 5.98. The average molecular weight is 499 g/mol. The Morgan fingerprint density at radius 1 is 0.946 bits per heavy atom. The van der Waals surface area contributed by atoms with Gasteiger partial charge in [-0.15, -0.1) is 0 Å². The largest absolute Gasteiger partial charge is 0.497 e. The van der Waals surface area contributed by atoms with Crippen LogP contribution in [0.25, 0.3) is 17.0 Å².